The van der Waals surface area contributed by atoms with Gasteiger partial charge in [0.05, 0.1) is 23.2 Å². The predicted octanol–water partition coefficient (Wildman–Crippen LogP) is 17.3. The number of furan rings is 1. The maximum atomic E-state index is 6.89. The fourth-order valence-corrected chi connectivity index (χ4v) is 11.9. The Morgan fingerprint density at radius 2 is 1.17 bits per heavy atom. The lowest BCUT2D eigenvalue weighted by Crippen LogP contribution is -2.15. The number of nitrogens with zero attached hydrogens (tertiary/aromatic N) is 4. The van der Waals surface area contributed by atoms with E-state index < -0.39 is 6.17 Å². The van der Waals surface area contributed by atoms with E-state index in [4.69, 9.17) is 24.7 Å². The molecule has 0 spiro atoms. The SMILES string of the molecule is C1=C(c2cccc(-c3cccc4c3sc3cccc(-c5ccc(C6N=C(c7ccccc7)N=C(c7ccccc7)[N-]6)cc5)c34)c2)CCc2oc3c(ccc4c(-c5ccccc5)nc5ccccc5c43)c21. The van der Waals surface area contributed by atoms with Crippen LogP contribution < -0.4 is 0 Å². The summed E-state index contributed by atoms with van der Waals surface area (Å²) < 4.78 is 9.45. The second-order valence-electron chi connectivity index (χ2n) is 18.1. The first-order chi connectivity index (χ1) is 34.7. The van der Waals surface area contributed by atoms with E-state index in [9.17, 15) is 0 Å². The molecule has 0 fully saturated rings. The molecule has 1 aliphatic carbocycles. The Morgan fingerprint density at radius 1 is 0.500 bits per heavy atom. The molecule has 0 amide bonds. The number of fused-ring (bicyclic) bond motifs is 10. The number of aryl methyl sites for hydroxylation is 1. The zero-order valence-electron chi connectivity index (χ0n) is 37.9. The largest absolute Gasteiger partial charge is 0.460 e. The van der Waals surface area contributed by atoms with Crippen LogP contribution in [0.2, 0.25) is 0 Å². The van der Waals surface area contributed by atoms with Gasteiger partial charge in [0.2, 0.25) is 0 Å². The van der Waals surface area contributed by atoms with Gasteiger partial charge in [0.15, 0.2) is 0 Å². The molecule has 330 valence electrons. The molecule has 0 N–H and O–H groups in total. The van der Waals surface area contributed by atoms with Crippen LogP contribution in [0.15, 0.2) is 227 Å². The van der Waals surface area contributed by atoms with E-state index in [1.807, 2.05) is 47.7 Å². The quantitative estimate of drug-likeness (QED) is 0.150. The molecule has 0 bridgehead atoms. The second kappa shape index (κ2) is 16.5. The molecule has 0 saturated heterocycles. The monoisotopic (exact) mass is 913 g/mol. The molecule has 14 rings (SSSR count). The lowest BCUT2D eigenvalue weighted by molar-refractivity contribution is 0.550. The molecule has 4 heterocycles. The van der Waals surface area contributed by atoms with Gasteiger partial charge >= 0.3 is 0 Å². The van der Waals surface area contributed by atoms with Crippen molar-refractivity contribution in [3.8, 4) is 33.5 Å². The average Bonchev–Trinajstić information content (AvgIpc) is 4.02. The molecule has 6 heteroatoms. The number of aromatic nitrogens is 1. The van der Waals surface area contributed by atoms with Gasteiger partial charge in [0.25, 0.3) is 0 Å². The number of para-hydroxylation sites is 1. The van der Waals surface area contributed by atoms with Crippen molar-refractivity contribution in [2.45, 2.75) is 19.0 Å². The fraction of sp³-hybridized carbons (Fsp3) is 0.0469. The number of benzene rings is 9. The van der Waals surface area contributed by atoms with Gasteiger partial charge < -0.3 is 14.7 Å². The lowest BCUT2D eigenvalue weighted by atomic mass is 9.89. The van der Waals surface area contributed by atoms with E-state index in [1.165, 1.54) is 53.6 Å². The molecule has 70 heavy (non-hydrogen) atoms. The van der Waals surface area contributed by atoms with Crippen LogP contribution >= 0.6 is 11.3 Å². The van der Waals surface area contributed by atoms with Gasteiger partial charge in [-0.25, -0.2) is 4.98 Å². The summed E-state index contributed by atoms with van der Waals surface area (Å²) >= 11 is 1.87. The van der Waals surface area contributed by atoms with Gasteiger partial charge in [-0.05, 0) is 86.8 Å². The Bertz CT molecular complexity index is 4130. The van der Waals surface area contributed by atoms with Crippen LogP contribution in [0.25, 0.3) is 103 Å². The van der Waals surface area contributed by atoms with Crippen molar-refractivity contribution >= 4 is 87.5 Å². The number of aliphatic imine (C=N–C) groups is 2. The van der Waals surface area contributed by atoms with E-state index in [1.54, 1.807) is 0 Å². The number of hydrogen-bond donors (Lipinski definition) is 0. The first-order valence-corrected chi connectivity index (χ1v) is 24.7. The summed E-state index contributed by atoms with van der Waals surface area (Å²) in [4.78, 5) is 15.1. The third-order valence-electron chi connectivity index (χ3n) is 14.0. The summed E-state index contributed by atoms with van der Waals surface area (Å²) in [6.45, 7) is 0. The van der Waals surface area contributed by atoms with E-state index in [0.29, 0.717) is 11.7 Å². The van der Waals surface area contributed by atoms with Gasteiger partial charge in [-0.1, -0.05) is 194 Å². The molecule has 12 aromatic rings. The topological polar surface area (TPSA) is 64.8 Å². The fourth-order valence-electron chi connectivity index (χ4n) is 10.6. The zero-order chi connectivity index (χ0) is 46.1. The molecule has 1 atom stereocenters. The summed E-state index contributed by atoms with van der Waals surface area (Å²) in [5.74, 6) is 2.43. The molecule has 0 saturated carbocycles. The number of thiophene rings is 1. The van der Waals surface area contributed by atoms with Crippen LogP contribution in [0.5, 0.6) is 0 Å². The molecule has 2 aliphatic rings. The van der Waals surface area contributed by atoms with Crippen molar-refractivity contribution in [1.82, 2.24) is 4.98 Å². The zero-order valence-corrected chi connectivity index (χ0v) is 38.7. The molecule has 0 radical (unpaired) electrons. The summed E-state index contributed by atoms with van der Waals surface area (Å²) in [7, 11) is 0. The van der Waals surface area contributed by atoms with Gasteiger partial charge in [-0.2, -0.15) is 0 Å². The average molecular weight is 914 g/mol. The Balaban J connectivity index is 0.808. The maximum Gasteiger partial charge on any atom is 0.143 e. The van der Waals surface area contributed by atoms with Gasteiger partial charge in [-0.3, -0.25) is 4.99 Å². The van der Waals surface area contributed by atoms with E-state index in [-0.39, 0.29) is 0 Å². The van der Waals surface area contributed by atoms with Crippen LogP contribution in [0.1, 0.15) is 46.2 Å². The minimum Gasteiger partial charge on any atom is -0.460 e. The first-order valence-electron chi connectivity index (χ1n) is 23.8. The van der Waals surface area contributed by atoms with Gasteiger partial charge in [0, 0.05) is 59.3 Å². The summed E-state index contributed by atoms with van der Waals surface area (Å²) in [6, 6.07) is 75.1. The molecule has 1 aliphatic heterocycles. The minimum atomic E-state index is -0.411. The Kier molecular flexibility index (Phi) is 9.52. The van der Waals surface area contributed by atoms with Crippen molar-refractivity contribution in [3.05, 3.63) is 251 Å². The second-order valence-corrected chi connectivity index (χ2v) is 19.2. The molecule has 1 unspecified atom stereocenters. The molecule has 3 aromatic heterocycles. The molecule has 5 nitrogen and oxygen atoms in total. The summed E-state index contributed by atoms with van der Waals surface area (Å²) in [5.41, 5.74) is 15.5. The Morgan fingerprint density at radius 3 is 2.00 bits per heavy atom. The van der Waals surface area contributed by atoms with E-state index in [0.717, 1.165) is 84.8 Å². The third-order valence-corrected chi connectivity index (χ3v) is 15.2. The van der Waals surface area contributed by atoms with Gasteiger partial charge in [-0.15, -0.1) is 11.3 Å². The van der Waals surface area contributed by atoms with Crippen molar-refractivity contribution < 1.29 is 4.42 Å². The molecular weight excluding hydrogens is 873 g/mol. The predicted molar refractivity (Wildman–Crippen MR) is 293 cm³/mol. The van der Waals surface area contributed by atoms with Crippen molar-refractivity contribution in [1.29, 1.82) is 0 Å². The maximum absolute atomic E-state index is 6.89. The van der Waals surface area contributed by atoms with Crippen LogP contribution in [0.3, 0.4) is 0 Å². The third kappa shape index (κ3) is 6.79. The van der Waals surface area contributed by atoms with Crippen molar-refractivity contribution in [2.75, 3.05) is 0 Å². The molecular formula is C64H41N4OS-. The lowest BCUT2D eigenvalue weighted by Gasteiger charge is -2.32. The van der Waals surface area contributed by atoms with Gasteiger partial charge in [0.1, 0.15) is 11.3 Å². The highest BCUT2D eigenvalue weighted by molar-refractivity contribution is 7.26. The van der Waals surface area contributed by atoms with Crippen LogP contribution in [0.4, 0.5) is 0 Å². The number of hydrogen-bond acceptors (Lipinski definition) is 5. The molecule has 9 aromatic carbocycles. The smallest absolute Gasteiger partial charge is 0.143 e. The summed E-state index contributed by atoms with van der Waals surface area (Å²) in [6.07, 6.45) is 3.71. The highest BCUT2D eigenvalue weighted by atomic mass is 32.1. The van der Waals surface area contributed by atoms with E-state index in [2.05, 4.69) is 182 Å². The standard InChI is InChI=1S/C64H41N4OS/c1-4-15-40(16-5-1)59-51-35-34-49-53-38-45(33-36-55(53)69-60(49)58(51)50-23-10-11-27-54(50)65-59)44-21-12-22-46(37-44)48-25-13-26-52-57-47(24-14-28-56(57)70-61(48)52)39-29-31-43(32-30-39)64-67-62(41-17-6-2-7-18-41)66-63(68-64)42-19-8-3-9-20-42/h1-32,34-35,37-38,64H,33,36H2/q-1. The highest BCUT2D eigenvalue weighted by Crippen LogP contribution is 2.46. The van der Waals surface area contributed by atoms with Crippen molar-refractivity contribution in [2.24, 2.45) is 9.98 Å². The van der Waals surface area contributed by atoms with Crippen LogP contribution in [-0.2, 0) is 6.42 Å². The number of amidine groups is 2. The normalized spacial score (nSPS) is 14.7. The number of pyridine rings is 1. The Hall–Kier alpha value is -8.71. The number of allylic oxidation sites excluding steroid dienone is 1. The van der Waals surface area contributed by atoms with Crippen LogP contribution in [-0.4, -0.2) is 16.7 Å². The Labute approximate surface area is 408 Å². The van der Waals surface area contributed by atoms with E-state index >= 15 is 0 Å². The van der Waals surface area contributed by atoms with Crippen LogP contribution in [0, 0.1) is 0 Å². The van der Waals surface area contributed by atoms with Crippen molar-refractivity contribution in [3.63, 3.8) is 0 Å². The first kappa shape index (κ1) is 40.4. The summed E-state index contributed by atoms with van der Waals surface area (Å²) in [5, 5.41) is 12.1. The highest BCUT2D eigenvalue weighted by Gasteiger charge is 2.24. The number of rotatable bonds is 7. The minimum absolute atomic E-state index is 0.411.